The van der Waals surface area contributed by atoms with Crippen molar-refractivity contribution < 1.29 is 19.1 Å². The Labute approximate surface area is 145 Å². The third kappa shape index (κ3) is 3.88. The summed E-state index contributed by atoms with van der Waals surface area (Å²) >= 11 is 6.00. The number of hydrogen-bond acceptors (Lipinski definition) is 4. The Hall–Kier alpha value is -1.63. The first-order valence-corrected chi connectivity index (χ1v) is 8.52. The minimum atomic E-state index is -0.732. The van der Waals surface area contributed by atoms with Crippen LogP contribution in [0.25, 0.3) is 0 Å². The highest BCUT2D eigenvalue weighted by Crippen LogP contribution is 2.38. The largest absolute Gasteiger partial charge is 0.347 e. The fraction of sp³-hybridized carbons (Fsp3) is 0.529. The summed E-state index contributed by atoms with van der Waals surface area (Å²) in [7, 11) is 0. The van der Waals surface area contributed by atoms with Crippen molar-refractivity contribution in [2.45, 2.75) is 44.5 Å². The zero-order valence-corrected chi connectivity index (χ0v) is 14.3. The van der Waals surface area contributed by atoms with Crippen LogP contribution >= 0.6 is 11.6 Å². The molecular weight excluding hydrogens is 332 g/mol. The lowest BCUT2D eigenvalue weighted by atomic mass is 10.2. The van der Waals surface area contributed by atoms with Crippen LogP contribution in [0.2, 0.25) is 5.02 Å². The summed E-state index contributed by atoms with van der Waals surface area (Å²) in [5, 5.41) is 5.65. The number of carbonyl (C=O) groups excluding carboxylic acids is 2. The zero-order valence-electron chi connectivity index (χ0n) is 13.6. The molecule has 1 unspecified atom stereocenters. The van der Waals surface area contributed by atoms with Gasteiger partial charge in [0, 0.05) is 30.1 Å². The molecule has 1 saturated carbocycles. The Kier molecular flexibility index (Phi) is 5.08. The van der Waals surface area contributed by atoms with Crippen LogP contribution in [-0.2, 0) is 19.1 Å². The number of amides is 2. The van der Waals surface area contributed by atoms with Crippen LogP contribution < -0.4 is 10.6 Å². The molecule has 2 aliphatic rings. The minimum Gasteiger partial charge on any atom is -0.347 e. The van der Waals surface area contributed by atoms with Gasteiger partial charge in [0.2, 0.25) is 0 Å². The molecule has 1 aliphatic heterocycles. The van der Waals surface area contributed by atoms with Crippen LogP contribution in [0.4, 0.5) is 5.69 Å². The Morgan fingerprint density at radius 2 is 2.04 bits per heavy atom. The average molecular weight is 353 g/mol. The predicted molar refractivity (Wildman–Crippen MR) is 89.9 cm³/mol. The van der Waals surface area contributed by atoms with E-state index in [9.17, 15) is 9.59 Å². The number of halogens is 1. The summed E-state index contributed by atoms with van der Waals surface area (Å²) in [6.45, 7) is 2.56. The second-order valence-corrected chi connectivity index (χ2v) is 6.70. The van der Waals surface area contributed by atoms with Crippen molar-refractivity contribution >= 4 is 29.1 Å². The van der Waals surface area contributed by atoms with E-state index in [0.29, 0.717) is 17.3 Å². The van der Waals surface area contributed by atoms with Crippen molar-refractivity contribution in [3.63, 3.8) is 0 Å². The highest BCUT2D eigenvalue weighted by molar-refractivity contribution is 6.39. The van der Waals surface area contributed by atoms with Gasteiger partial charge in [-0.1, -0.05) is 17.7 Å². The SMILES string of the molecule is Cc1ccc(NC(=O)C(=O)NCC2COC3(CCCC3)O2)cc1Cl. The maximum absolute atomic E-state index is 11.9. The monoisotopic (exact) mass is 352 g/mol. The Morgan fingerprint density at radius 1 is 1.29 bits per heavy atom. The first-order chi connectivity index (χ1) is 11.5. The lowest BCUT2D eigenvalue weighted by Crippen LogP contribution is -2.40. The van der Waals surface area contributed by atoms with E-state index in [0.717, 1.165) is 31.2 Å². The van der Waals surface area contributed by atoms with Gasteiger partial charge in [-0.25, -0.2) is 0 Å². The van der Waals surface area contributed by atoms with Crippen molar-refractivity contribution in [2.24, 2.45) is 0 Å². The van der Waals surface area contributed by atoms with Gasteiger partial charge in [-0.05, 0) is 37.5 Å². The zero-order chi connectivity index (χ0) is 17.2. The van der Waals surface area contributed by atoms with Crippen LogP contribution in [0.3, 0.4) is 0 Å². The number of hydrogen-bond donors (Lipinski definition) is 2. The number of aryl methyl sites for hydroxylation is 1. The number of benzene rings is 1. The Bertz CT molecular complexity index is 643. The Morgan fingerprint density at radius 3 is 2.75 bits per heavy atom. The van der Waals surface area contributed by atoms with Crippen LogP contribution in [0.1, 0.15) is 31.2 Å². The van der Waals surface area contributed by atoms with Gasteiger partial charge in [-0.3, -0.25) is 9.59 Å². The van der Waals surface area contributed by atoms with Crippen molar-refractivity contribution in [2.75, 3.05) is 18.5 Å². The van der Waals surface area contributed by atoms with E-state index in [4.69, 9.17) is 21.1 Å². The lowest BCUT2D eigenvalue weighted by molar-refractivity contribution is -0.161. The molecule has 1 aromatic rings. The highest BCUT2D eigenvalue weighted by Gasteiger charge is 2.43. The van der Waals surface area contributed by atoms with E-state index in [1.54, 1.807) is 18.2 Å². The molecule has 3 rings (SSSR count). The van der Waals surface area contributed by atoms with Crippen molar-refractivity contribution in [1.82, 2.24) is 5.32 Å². The average Bonchev–Trinajstić information content (AvgIpc) is 3.19. The van der Waals surface area contributed by atoms with Crippen molar-refractivity contribution in [3.05, 3.63) is 28.8 Å². The fourth-order valence-electron chi connectivity index (χ4n) is 3.04. The first-order valence-electron chi connectivity index (χ1n) is 8.15. The molecule has 24 heavy (non-hydrogen) atoms. The van der Waals surface area contributed by atoms with Crippen LogP contribution in [0, 0.1) is 6.92 Å². The molecule has 2 N–H and O–H groups in total. The molecule has 2 fully saturated rings. The molecule has 7 heteroatoms. The quantitative estimate of drug-likeness (QED) is 0.819. The molecular formula is C17H21ClN2O4. The van der Waals surface area contributed by atoms with Crippen LogP contribution in [-0.4, -0.2) is 36.9 Å². The number of anilines is 1. The maximum Gasteiger partial charge on any atom is 0.313 e. The normalized spacial score (nSPS) is 21.8. The van der Waals surface area contributed by atoms with Crippen molar-refractivity contribution in [3.8, 4) is 0 Å². The molecule has 1 aromatic carbocycles. The predicted octanol–water partition coefficient (Wildman–Crippen LogP) is 2.39. The summed E-state index contributed by atoms with van der Waals surface area (Å²) in [4.78, 5) is 23.8. The molecule has 1 saturated heterocycles. The van der Waals surface area contributed by atoms with Gasteiger partial charge < -0.3 is 20.1 Å². The summed E-state index contributed by atoms with van der Waals surface area (Å²) in [5.41, 5.74) is 1.38. The van der Waals surface area contributed by atoms with Gasteiger partial charge in [0.05, 0.1) is 6.61 Å². The molecule has 1 atom stereocenters. The minimum absolute atomic E-state index is 0.214. The molecule has 1 aliphatic carbocycles. The van der Waals surface area contributed by atoms with E-state index < -0.39 is 17.6 Å². The van der Waals surface area contributed by atoms with E-state index in [1.165, 1.54) is 0 Å². The van der Waals surface area contributed by atoms with Crippen LogP contribution in [0.15, 0.2) is 18.2 Å². The molecule has 1 heterocycles. The van der Waals surface area contributed by atoms with E-state index >= 15 is 0 Å². The van der Waals surface area contributed by atoms with Gasteiger partial charge in [-0.2, -0.15) is 0 Å². The van der Waals surface area contributed by atoms with Gasteiger partial charge in [0.1, 0.15) is 6.10 Å². The van der Waals surface area contributed by atoms with E-state index in [-0.39, 0.29) is 12.6 Å². The first kappa shape index (κ1) is 17.2. The van der Waals surface area contributed by atoms with Gasteiger partial charge in [0.15, 0.2) is 5.79 Å². The van der Waals surface area contributed by atoms with Crippen LogP contribution in [0.5, 0.6) is 0 Å². The number of nitrogens with one attached hydrogen (secondary N) is 2. The summed E-state index contributed by atoms with van der Waals surface area (Å²) in [6, 6.07) is 5.09. The summed E-state index contributed by atoms with van der Waals surface area (Å²) < 4.78 is 11.6. The smallest absolute Gasteiger partial charge is 0.313 e. The third-order valence-electron chi connectivity index (χ3n) is 4.41. The van der Waals surface area contributed by atoms with Crippen molar-refractivity contribution in [1.29, 1.82) is 0 Å². The van der Waals surface area contributed by atoms with Gasteiger partial charge in [0.25, 0.3) is 0 Å². The van der Waals surface area contributed by atoms with E-state index in [2.05, 4.69) is 10.6 Å². The molecule has 0 aromatic heterocycles. The maximum atomic E-state index is 11.9. The number of rotatable bonds is 3. The van der Waals surface area contributed by atoms with Gasteiger partial charge in [-0.15, -0.1) is 0 Å². The summed E-state index contributed by atoms with van der Waals surface area (Å²) in [6.07, 6.45) is 3.77. The number of ether oxygens (including phenoxy) is 2. The molecule has 2 amide bonds. The second-order valence-electron chi connectivity index (χ2n) is 6.30. The molecule has 0 bridgehead atoms. The number of carbonyl (C=O) groups is 2. The lowest BCUT2D eigenvalue weighted by Gasteiger charge is -2.21. The fourth-order valence-corrected chi connectivity index (χ4v) is 3.22. The summed E-state index contributed by atoms with van der Waals surface area (Å²) in [5.74, 6) is -1.90. The molecule has 0 radical (unpaired) electrons. The van der Waals surface area contributed by atoms with E-state index in [1.807, 2.05) is 6.92 Å². The third-order valence-corrected chi connectivity index (χ3v) is 4.81. The van der Waals surface area contributed by atoms with Gasteiger partial charge >= 0.3 is 11.8 Å². The Balaban J connectivity index is 1.46. The second kappa shape index (κ2) is 7.09. The molecule has 1 spiro atoms. The highest BCUT2D eigenvalue weighted by atomic mass is 35.5. The standard InChI is InChI=1S/C17H21ClN2O4/c1-11-4-5-12(8-14(11)18)20-16(22)15(21)19-9-13-10-23-17(24-13)6-2-3-7-17/h4-5,8,13H,2-3,6-7,9-10H2,1H3,(H,19,21)(H,20,22). The molecule has 130 valence electrons. The topological polar surface area (TPSA) is 76.7 Å². The molecule has 6 nitrogen and oxygen atoms in total.